The molecule has 88 valence electrons. The first-order valence-electron chi connectivity index (χ1n) is 5.22. The minimum absolute atomic E-state index is 0.351. The number of aliphatic hydroxyl groups is 1. The van der Waals surface area contributed by atoms with Gasteiger partial charge in [-0.3, -0.25) is 4.98 Å². The molecule has 1 aromatic heterocycles. The minimum Gasteiger partial charge on any atom is -0.456 e. The van der Waals surface area contributed by atoms with Crippen molar-refractivity contribution in [3.8, 4) is 11.5 Å². The van der Waals surface area contributed by atoms with Gasteiger partial charge in [-0.05, 0) is 31.2 Å². The number of pyridine rings is 1. The van der Waals surface area contributed by atoms with Crippen LogP contribution in [0.1, 0.15) is 18.7 Å². The number of rotatable bonds is 3. The van der Waals surface area contributed by atoms with Crippen LogP contribution in [-0.2, 0) is 0 Å². The van der Waals surface area contributed by atoms with Crippen LogP contribution in [0.15, 0.2) is 42.6 Å². The van der Waals surface area contributed by atoms with Gasteiger partial charge in [-0.25, -0.2) is 4.39 Å². The van der Waals surface area contributed by atoms with Gasteiger partial charge in [0.05, 0.1) is 18.0 Å². The van der Waals surface area contributed by atoms with Gasteiger partial charge in [0.15, 0.2) is 0 Å². The first-order valence-corrected chi connectivity index (χ1v) is 5.22. The van der Waals surface area contributed by atoms with Crippen molar-refractivity contribution in [2.24, 2.45) is 0 Å². The summed E-state index contributed by atoms with van der Waals surface area (Å²) in [6.45, 7) is 1.63. The van der Waals surface area contributed by atoms with Gasteiger partial charge in [-0.2, -0.15) is 0 Å². The molecule has 0 fully saturated rings. The Hall–Kier alpha value is -1.94. The highest BCUT2D eigenvalue weighted by Crippen LogP contribution is 2.22. The van der Waals surface area contributed by atoms with Crippen molar-refractivity contribution < 1.29 is 14.2 Å². The van der Waals surface area contributed by atoms with Gasteiger partial charge in [-0.1, -0.05) is 6.07 Å². The summed E-state index contributed by atoms with van der Waals surface area (Å²) in [4.78, 5) is 4.03. The number of aliphatic hydroxyl groups excluding tert-OH is 1. The SMILES string of the molecule is C[C@@H](O)c1ccc(Oc2cccc(F)c2)cn1. The van der Waals surface area contributed by atoms with E-state index in [1.807, 2.05) is 0 Å². The predicted octanol–water partition coefficient (Wildman–Crippen LogP) is 3.07. The second-order valence-electron chi connectivity index (χ2n) is 3.65. The van der Waals surface area contributed by atoms with Crippen LogP contribution in [0.5, 0.6) is 11.5 Å². The van der Waals surface area contributed by atoms with Crippen LogP contribution in [0.2, 0.25) is 0 Å². The van der Waals surface area contributed by atoms with Crippen LogP contribution in [-0.4, -0.2) is 10.1 Å². The predicted molar refractivity (Wildman–Crippen MR) is 61.3 cm³/mol. The Morgan fingerprint density at radius 1 is 1.24 bits per heavy atom. The van der Waals surface area contributed by atoms with Crippen molar-refractivity contribution in [2.45, 2.75) is 13.0 Å². The second kappa shape index (κ2) is 4.93. The fourth-order valence-electron chi connectivity index (χ4n) is 1.37. The fourth-order valence-corrected chi connectivity index (χ4v) is 1.37. The van der Waals surface area contributed by atoms with Gasteiger partial charge >= 0.3 is 0 Å². The third-order valence-electron chi connectivity index (χ3n) is 2.22. The van der Waals surface area contributed by atoms with Crippen LogP contribution in [0, 0.1) is 5.82 Å². The molecule has 1 atom stereocenters. The molecule has 0 unspecified atom stereocenters. The van der Waals surface area contributed by atoms with E-state index in [0.29, 0.717) is 17.2 Å². The number of aromatic nitrogens is 1. The van der Waals surface area contributed by atoms with E-state index in [2.05, 4.69) is 4.98 Å². The van der Waals surface area contributed by atoms with Crippen LogP contribution in [0.25, 0.3) is 0 Å². The van der Waals surface area contributed by atoms with Crippen LogP contribution >= 0.6 is 0 Å². The molecule has 0 spiro atoms. The van der Waals surface area contributed by atoms with Gasteiger partial charge in [0.1, 0.15) is 17.3 Å². The lowest BCUT2D eigenvalue weighted by Gasteiger charge is -2.07. The van der Waals surface area contributed by atoms with Crippen molar-refractivity contribution in [2.75, 3.05) is 0 Å². The average molecular weight is 233 g/mol. The number of hydrogen-bond donors (Lipinski definition) is 1. The lowest BCUT2D eigenvalue weighted by atomic mass is 10.2. The Bertz CT molecular complexity index is 497. The molecule has 2 rings (SSSR count). The highest BCUT2D eigenvalue weighted by molar-refractivity contribution is 5.30. The zero-order chi connectivity index (χ0) is 12.3. The normalized spacial score (nSPS) is 12.2. The smallest absolute Gasteiger partial charge is 0.145 e. The minimum atomic E-state index is -0.613. The van der Waals surface area contributed by atoms with Crippen molar-refractivity contribution in [3.05, 3.63) is 54.1 Å². The molecule has 0 amide bonds. The van der Waals surface area contributed by atoms with Gasteiger partial charge in [-0.15, -0.1) is 0 Å². The van der Waals surface area contributed by atoms with Gasteiger partial charge < -0.3 is 9.84 Å². The summed E-state index contributed by atoms with van der Waals surface area (Å²) in [7, 11) is 0. The maximum atomic E-state index is 12.9. The summed E-state index contributed by atoms with van der Waals surface area (Å²) in [5.74, 6) is 0.563. The van der Waals surface area contributed by atoms with E-state index < -0.39 is 6.10 Å². The maximum Gasteiger partial charge on any atom is 0.145 e. The first kappa shape index (κ1) is 11.5. The lowest BCUT2D eigenvalue weighted by molar-refractivity contribution is 0.194. The number of hydrogen-bond acceptors (Lipinski definition) is 3. The van der Waals surface area contributed by atoms with Crippen molar-refractivity contribution >= 4 is 0 Å². The van der Waals surface area contributed by atoms with Gasteiger partial charge in [0.2, 0.25) is 0 Å². The Balaban J connectivity index is 2.14. The zero-order valence-electron chi connectivity index (χ0n) is 9.30. The van der Waals surface area contributed by atoms with E-state index in [0.717, 1.165) is 0 Å². The molecule has 2 aromatic rings. The Kier molecular flexibility index (Phi) is 3.35. The topological polar surface area (TPSA) is 42.4 Å². The molecule has 0 saturated heterocycles. The highest BCUT2D eigenvalue weighted by Gasteiger charge is 2.03. The monoisotopic (exact) mass is 233 g/mol. The number of halogens is 1. The average Bonchev–Trinajstić information content (AvgIpc) is 2.29. The molecule has 0 saturated carbocycles. The lowest BCUT2D eigenvalue weighted by Crippen LogP contribution is -1.95. The summed E-state index contributed by atoms with van der Waals surface area (Å²) >= 11 is 0. The van der Waals surface area contributed by atoms with Crippen LogP contribution in [0.3, 0.4) is 0 Å². The molecule has 0 radical (unpaired) electrons. The molecular weight excluding hydrogens is 221 g/mol. The number of benzene rings is 1. The van der Waals surface area contributed by atoms with Gasteiger partial charge in [0.25, 0.3) is 0 Å². The molecule has 0 aliphatic carbocycles. The standard InChI is InChI=1S/C13H12FNO2/c1-9(16)13-6-5-12(8-15-13)17-11-4-2-3-10(14)7-11/h2-9,16H,1H3/t9-/m1/s1. The summed E-state index contributed by atoms with van der Waals surface area (Å²) in [5, 5.41) is 9.29. The van der Waals surface area contributed by atoms with E-state index in [9.17, 15) is 9.50 Å². The highest BCUT2D eigenvalue weighted by atomic mass is 19.1. The van der Waals surface area contributed by atoms with Crippen molar-refractivity contribution in [3.63, 3.8) is 0 Å². The largest absolute Gasteiger partial charge is 0.456 e. The maximum absolute atomic E-state index is 12.9. The molecule has 1 heterocycles. The molecule has 1 N–H and O–H groups in total. The Labute approximate surface area is 98.5 Å². The zero-order valence-corrected chi connectivity index (χ0v) is 9.30. The molecule has 0 bridgehead atoms. The molecule has 1 aromatic carbocycles. The fraction of sp³-hybridized carbons (Fsp3) is 0.154. The van der Waals surface area contributed by atoms with Crippen LogP contribution in [0.4, 0.5) is 4.39 Å². The van der Waals surface area contributed by atoms with E-state index in [4.69, 9.17) is 4.74 Å². The quantitative estimate of drug-likeness (QED) is 0.885. The molecule has 17 heavy (non-hydrogen) atoms. The summed E-state index contributed by atoms with van der Waals surface area (Å²) in [6.07, 6.45) is 0.880. The van der Waals surface area contributed by atoms with E-state index in [-0.39, 0.29) is 5.82 Å². The van der Waals surface area contributed by atoms with E-state index in [1.54, 1.807) is 31.2 Å². The van der Waals surface area contributed by atoms with E-state index in [1.165, 1.54) is 18.3 Å². The third-order valence-corrected chi connectivity index (χ3v) is 2.22. The molecule has 4 heteroatoms. The molecule has 3 nitrogen and oxygen atoms in total. The van der Waals surface area contributed by atoms with Crippen molar-refractivity contribution in [1.29, 1.82) is 0 Å². The summed E-state index contributed by atoms with van der Waals surface area (Å²) in [6, 6.07) is 9.22. The Morgan fingerprint density at radius 2 is 2.06 bits per heavy atom. The molecule has 0 aliphatic rings. The van der Waals surface area contributed by atoms with Crippen LogP contribution < -0.4 is 4.74 Å². The Morgan fingerprint density at radius 3 is 2.65 bits per heavy atom. The van der Waals surface area contributed by atoms with E-state index >= 15 is 0 Å². The van der Waals surface area contributed by atoms with Gasteiger partial charge in [0, 0.05) is 6.07 Å². The number of nitrogens with zero attached hydrogens (tertiary/aromatic N) is 1. The molecule has 0 aliphatic heterocycles. The van der Waals surface area contributed by atoms with Crippen molar-refractivity contribution in [1.82, 2.24) is 4.98 Å². The summed E-state index contributed by atoms with van der Waals surface area (Å²) < 4.78 is 18.3. The second-order valence-corrected chi connectivity index (χ2v) is 3.65. The third kappa shape index (κ3) is 3.01. The summed E-state index contributed by atoms with van der Waals surface area (Å²) in [5.41, 5.74) is 0.566. The molecular formula is C13H12FNO2. The first-order chi connectivity index (χ1) is 8.15. The number of ether oxygens (including phenoxy) is 1.